The molecule has 0 atom stereocenters. The van der Waals surface area contributed by atoms with Gasteiger partial charge < -0.3 is 10.1 Å². The third-order valence-corrected chi connectivity index (χ3v) is 4.74. The number of aromatic nitrogens is 4. The molecule has 24 heavy (non-hydrogen) atoms. The molecule has 0 saturated heterocycles. The Morgan fingerprint density at radius 3 is 3.12 bits per heavy atom. The Balaban J connectivity index is 1.47. The predicted molar refractivity (Wildman–Crippen MR) is 85.7 cm³/mol. The third kappa shape index (κ3) is 2.11. The molecule has 7 heteroatoms. The maximum atomic E-state index is 14.2. The normalized spacial score (nSPS) is 16.2. The number of fused-ring (bicyclic) bond motifs is 2. The van der Waals surface area contributed by atoms with E-state index in [9.17, 15) is 4.39 Å². The Labute approximate surface area is 137 Å². The fourth-order valence-corrected chi connectivity index (χ4v) is 3.32. The van der Waals surface area contributed by atoms with Crippen LogP contribution in [0.2, 0.25) is 0 Å². The zero-order valence-corrected chi connectivity index (χ0v) is 13.0. The van der Waals surface area contributed by atoms with Crippen LogP contribution in [0.25, 0.3) is 5.65 Å². The predicted octanol–water partition coefficient (Wildman–Crippen LogP) is 2.69. The fraction of sp³-hybridized carbons (Fsp3) is 0.353. The average Bonchev–Trinajstić information content (AvgIpc) is 3.11. The molecule has 2 aromatic heterocycles. The van der Waals surface area contributed by atoms with Crippen LogP contribution in [0, 0.1) is 5.82 Å². The maximum absolute atomic E-state index is 14.2. The summed E-state index contributed by atoms with van der Waals surface area (Å²) in [5.74, 6) is 1.72. The van der Waals surface area contributed by atoms with Gasteiger partial charge in [0.05, 0.1) is 6.61 Å². The lowest BCUT2D eigenvalue weighted by Crippen LogP contribution is -2.10. The summed E-state index contributed by atoms with van der Waals surface area (Å²) in [5, 5.41) is 11.4. The van der Waals surface area contributed by atoms with E-state index in [1.54, 1.807) is 12.4 Å². The van der Waals surface area contributed by atoms with Crippen molar-refractivity contribution in [2.45, 2.75) is 31.7 Å². The number of rotatable bonds is 4. The number of halogens is 1. The lowest BCUT2D eigenvalue weighted by molar-refractivity contribution is 0.356. The molecule has 1 fully saturated rings. The molecule has 1 aromatic carbocycles. The summed E-state index contributed by atoms with van der Waals surface area (Å²) in [4.78, 5) is 4.50. The minimum Gasteiger partial charge on any atom is -0.493 e. The van der Waals surface area contributed by atoms with Gasteiger partial charge in [-0.1, -0.05) is 0 Å². The van der Waals surface area contributed by atoms with E-state index < -0.39 is 0 Å². The van der Waals surface area contributed by atoms with Crippen molar-refractivity contribution in [2.24, 2.45) is 0 Å². The van der Waals surface area contributed by atoms with Gasteiger partial charge in [0, 0.05) is 35.9 Å². The number of hydrogen-bond donors (Lipinski definition) is 1. The van der Waals surface area contributed by atoms with Crippen LogP contribution < -0.4 is 10.1 Å². The first-order chi connectivity index (χ1) is 11.8. The molecule has 2 aliphatic rings. The van der Waals surface area contributed by atoms with Gasteiger partial charge in [-0.25, -0.2) is 9.37 Å². The molecular weight excluding hydrogens is 309 g/mol. The second-order valence-electron chi connectivity index (χ2n) is 6.29. The Kier molecular flexibility index (Phi) is 2.95. The summed E-state index contributed by atoms with van der Waals surface area (Å²) in [6.45, 7) is 0.956. The van der Waals surface area contributed by atoms with Crippen molar-refractivity contribution in [2.75, 3.05) is 11.9 Å². The van der Waals surface area contributed by atoms with Gasteiger partial charge >= 0.3 is 0 Å². The number of hydrogen-bond acceptors (Lipinski definition) is 5. The third-order valence-electron chi connectivity index (χ3n) is 4.74. The summed E-state index contributed by atoms with van der Waals surface area (Å²) < 4.78 is 21.6. The molecule has 0 bridgehead atoms. The van der Waals surface area contributed by atoms with Crippen LogP contribution in [-0.2, 0) is 13.0 Å². The lowest BCUT2D eigenvalue weighted by Gasteiger charge is -2.12. The fourth-order valence-electron chi connectivity index (χ4n) is 3.32. The highest BCUT2D eigenvalue weighted by Gasteiger charge is 2.27. The molecule has 3 aromatic rings. The molecule has 6 nitrogen and oxygen atoms in total. The van der Waals surface area contributed by atoms with Gasteiger partial charge in [-0.2, -0.15) is 0 Å². The topological polar surface area (TPSA) is 64.3 Å². The van der Waals surface area contributed by atoms with Crippen molar-refractivity contribution in [1.82, 2.24) is 19.6 Å². The van der Waals surface area contributed by atoms with Crippen molar-refractivity contribution in [3.8, 4) is 5.75 Å². The smallest absolute Gasteiger partial charge is 0.210 e. The molecule has 0 unspecified atom stereocenters. The number of anilines is 1. The molecule has 1 N–H and O–H groups in total. The van der Waals surface area contributed by atoms with Crippen molar-refractivity contribution in [3.05, 3.63) is 47.2 Å². The molecule has 5 rings (SSSR count). The standard InChI is InChI=1S/C17H16FN5O/c18-14-3-4-15-11(5-6-24-15)13(14)8-20-17-19-7-12(10-1-2-10)16-22-21-9-23(16)17/h3-4,7,9-10H,1-2,5-6,8H2,(H,19,20). The van der Waals surface area contributed by atoms with Gasteiger partial charge in [0.2, 0.25) is 5.95 Å². The minimum absolute atomic E-state index is 0.221. The number of nitrogens with zero attached hydrogens (tertiary/aromatic N) is 4. The van der Waals surface area contributed by atoms with Crippen molar-refractivity contribution in [1.29, 1.82) is 0 Å². The summed E-state index contributed by atoms with van der Waals surface area (Å²) in [5.41, 5.74) is 3.55. The van der Waals surface area contributed by atoms with Gasteiger partial charge in [0.25, 0.3) is 0 Å². The van der Waals surface area contributed by atoms with Crippen molar-refractivity contribution in [3.63, 3.8) is 0 Å². The van der Waals surface area contributed by atoms with E-state index in [2.05, 4.69) is 20.5 Å². The Bertz CT molecular complexity index is 934. The summed E-state index contributed by atoms with van der Waals surface area (Å²) >= 11 is 0. The zero-order chi connectivity index (χ0) is 16.1. The Morgan fingerprint density at radius 1 is 1.33 bits per heavy atom. The highest BCUT2D eigenvalue weighted by molar-refractivity contribution is 5.54. The second kappa shape index (κ2) is 5.15. The molecular formula is C17H16FN5O. The van der Waals surface area contributed by atoms with Crippen LogP contribution >= 0.6 is 0 Å². The number of nitrogens with one attached hydrogen (secondary N) is 1. The monoisotopic (exact) mass is 325 g/mol. The highest BCUT2D eigenvalue weighted by atomic mass is 19.1. The van der Waals surface area contributed by atoms with E-state index in [4.69, 9.17) is 4.74 Å². The van der Waals surface area contributed by atoms with E-state index in [1.807, 2.05) is 10.6 Å². The van der Waals surface area contributed by atoms with Gasteiger partial charge in [-0.3, -0.25) is 4.40 Å². The van der Waals surface area contributed by atoms with Crippen molar-refractivity contribution < 1.29 is 9.13 Å². The first-order valence-electron chi connectivity index (χ1n) is 8.17. The van der Waals surface area contributed by atoms with E-state index in [0.29, 0.717) is 30.6 Å². The summed E-state index contributed by atoms with van der Waals surface area (Å²) in [6, 6.07) is 3.15. The molecule has 1 saturated carbocycles. The molecule has 0 radical (unpaired) electrons. The zero-order valence-electron chi connectivity index (χ0n) is 13.0. The number of benzene rings is 1. The maximum Gasteiger partial charge on any atom is 0.210 e. The Morgan fingerprint density at radius 2 is 2.25 bits per heavy atom. The van der Waals surface area contributed by atoms with Crippen LogP contribution in [0.1, 0.15) is 35.4 Å². The average molecular weight is 325 g/mol. The molecule has 122 valence electrons. The van der Waals surface area contributed by atoms with Crippen LogP contribution in [0.15, 0.2) is 24.7 Å². The van der Waals surface area contributed by atoms with E-state index >= 15 is 0 Å². The van der Waals surface area contributed by atoms with E-state index in [0.717, 1.165) is 28.9 Å². The largest absolute Gasteiger partial charge is 0.493 e. The first kappa shape index (κ1) is 13.7. The minimum atomic E-state index is -0.221. The molecule has 3 heterocycles. The molecule has 0 spiro atoms. The van der Waals surface area contributed by atoms with Crippen LogP contribution in [0.3, 0.4) is 0 Å². The van der Waals surface area contributed by atoms with Gasteiger partial charge in [-0.05, 0) is 30.9 Å². The summed E-state index contributed by atoms with van der Waals surface area (Å²) in [7, 11) is 0. The molecule has 0 amide bonds. The molecule has 1 aliphatic carbocycles. The lowest BCUT2D eigenvalue weighted by atomic mass is 10.0. The quantitative estimate of drug-likeness (QED) is 0.799. The van der Waals surface area contributed by atoms with Gasteiger partial charge in [0.1, 0.15) is 17.9 Å². The second-order valence-corrected chi connectivity index (χ2v) is 6.29. The van der Waals surface area contributed by atoms with Crippen LogP contribution in [-0.4, -0.2) is 26.2 Å². The number of ether oxygens (including phenoxy) is 1. The van der Waals surface area contributed by atoms with Crippen molar-refractivity contribution >= 4 is 11.6 Å². The van der Waals surface area contributed by atoms with Crippen LogP contribution in [0.5, 0.6) is 5.75 Å². The van der Waals surface area contributed by atoms with Gasteiger partial charge in [0.15, 0.2) is 5.65 Å². The van der Waals surface area contributed by atoms with Crippen LogP contribution in [0.4, 0.5) is 10.3 Å². The van der Waals surface area contributed by atoms with Gasteiger partial charge in [-0.15, -0.1) is 10.2 Å². The van der Waals surface area contributed by atoms with E-state index in [-0.39, 0.29) is 5.82 Å². The summed E-state index contributed by atoms with van der Waals surface area (Å²) in [6.07, 6.45) is 6.60. The Hall–Kier alpha value is -2.70. The first-order valence-corrected chi connectivity index (χ1v) is 8.17. The van der Waals surface area contributed by atoms with E-state index in [1.165, 1.54) is 18.9 Å². The molecule has 1 aliphatic heterocycles. The highest BCUT2D eigenvalue weighted by Crippen LogP contribution is 2.41. The SMILES string of the molecule is Fc1ccc2c(c1CNc1ncc(C3CC3)c3nncn13)CCO2.